The number of carbonyl (C=O) groups excluding carboxylic acids is 1. The minimum absolute atomic E-state index is 0.00152. The third kappa shape index (κ3) is 3.85. The van der Waals surface area contributed by atoms with Crippen molar-refractivity contribution in [1.29, 1.82) is 0 Å². The van der Waals surface area contributed by atoms with E-state index in [0.29, 0.717) is 11.7 Å². The summed E-state index contributed by atoms with van der Waals surface area (Å²) < 4.78 is 8.54. The van der Waals surface area contributed by atoms with Crippen LogP contribution in [0.1, 0.15) is 37.9 Å². The number of anilines is 2. The fourth-order valence-electron chi connectivity index (χ4n) is 5.03. The summed E-state index contributed by atoms with van der Waals surface area (Å²) in [5.41, 5.74) is 2.63. The molecule has 1 atom stereocenters. The number of imidazole rings is 1. The number of amides is 1. The van der Waals surface area contributed by atoms with Gasteiger partial charge in [0.2, 0.25) is 5.91 Å². The number of piperidine rings is 1. The quantitative estimate of drug-likeness (QED) is 0.474. The van der Waals surface area contributed by atoms with Crippen molar-refractivity contribution < 1.29 is 9.53 Å². The van der Waals surface area contributed by atoms with Gasteiger partial charge < -0.3 is 19.5 Å². The average Bonchev–Trinajstić information content (AvgIpc) is 3.35. The van der Waals surface area contributed by atoms with Crippen LogP contribution in [-0.4, -0.2) is 50.6 Å². The first kappa shape index (κ1) is 21.3. The lowest BCUT2D eigenvalue weighted by Crippen LogP contribution is -2.41. The molecule has 0 spiro atoms. The van der Waals surface area contributed by atoms with Crippen molar-refractivity contribution in [2.45, 2.75) is 45.1 Å². The number of methoxy groups -OCH3 is 1. The molecule has 34 heavy (non-hydrogen) atoms. The Morgan fingerprint density at radius 2 is 2.09 bits per heavy atom. The number of fused-ring (bicyclic) bond motifs is 4. The maximum atomic E-state index is 13.2. The highest BCUT2D eigenvalue weighted by molar-refractivity contribution is 7.22. The predicted molar refractivity (Wildman–Crippen MR) is 133 cm³/mol. The molecular weight excluding hydrogens is 450 g/mol. The van der Waals surface area contributed by atoms with Crippen molar-refractivity contribution in [3.8, 4) is 5.75 Å². The molecule has 2 aliphatic rings. The second kappa shape index (κ2) is 8.83. The topological polar surface area (TPSA) is 98.1 Å². The molecule has 176 valence electrons. The number of hydrogen-bond donors (Lipinski definition) is 1. The third-order valence-corrected chi connectivity index (χ3v) is 7.72. The SMILES string of the molecule is COc1ccc2nc(NC(=O)[C@@H]3CCCN(c4ncnc5c4nc4n5CCCCC4)C3)sc2c1. The Hall–Kier alpha value is -3.27. The van der Waals surface area contributed by atoms with E-state index in [1.54, 1.807) is 13.4 Å². The molecule has 0 saturated carbocycles. The van der Waals surface area contributed by atoms with Crippen LogP contribution in [0.15, 0.2) is 24.5 Å². The number of nitrogens with one attached hydrogen (secondary N) is 1. The van der Waals surface area contributed by atoms with Crippen molar-refractivity contribution in [3.05, 3.63) is 30.4 Å². The van der Waals surface area contributed by atoms with Crippen molar-refractivity contribution in [2.75, 3.05) is 30.4 Å². The summed E-state index contributed by atoms with van der Waals surface area (Å²) in [4.78, 5) is 34.0. The molecule has 9 nitrogen and oxygen atoms in total. The van der Waals surface area contributed by atoms with E-state index in [4.69, 9.17) is 9.72 Å². The Kier molecular flexibility index (Phi) is 5.52. The summed E-state index contributed by atoms with van der Waals surface area (Å²) in [7, 11) is 1.64. The Morgan fingerprint density at radius 3 is 3.00 bits per heavy atom. The van der Waals surface area contributed by atoms with E-state index in [-0.39, 0.29) is 11.8 Å². The fourth-order valence-corrected chi connectivity index (χ4v) is 5.93. The van der Waals surface area contributed by atoms with E-state index in [9.17, 15) is 4.79 Å². The summed E-state index contributed by atoms with van der Waals surface area (Å²) in [6, 6.07) is 5.73. The average molecular weight is 478 g/mol. The number of thiazole rings is 1. The van der Waals surface area contributed by atoms with Crippen LogP contribution in [-0.2, 0) is 17.8 Å². The zero-order valence-electron chi connectivity index (χ0n) is 19.2. The van der Waals surface area contributed by atoms with Gasteiger partial charge >= 0.3 is 0 Å². The lowest BCUT2D eigenvalue weighted by molar-refractivity contribution is -0.120. The molecule has 1 saturated heterocycles. The third-order valence-electron chi connectivity index (χ3n) is 6.79. The van der Waals surface area contributed by atoms with E-state index < -0.39 is 0 Å². The van der Waals surface area contributed by atoms with E-state index in [0.717, 1.165) is 84.0 Å². The lowest BCUT2D eigenvalue weighted by atomic mass is 9.97. The number of carbonyl (C=O) groups is 1. The summed E-state index contributed by atoms with van der Waals surface area (Å²) in [5.74, 6) is 2.59. The predicted octanol–water partition coefficient (Wildman–Crippen LogP) is 4.03. The summed E-state index contributed by atoms with van der Waals surface area (Å²) >= 11 is 1.47. The summed E-state index contributed by atoms with van der Waals surface area (Å²) in [6.45, 7) is 2.43. The second-order valence-electron chi connectivity index (χ2n) is 8.99. The van der Waals surface area contributed by atoms with Gasteiger partial charge in [0.1, 0.15) is 17.9 Å². The molecule has 1 aromatic carbocycles. The van der Waals surface area contributed by atoms with Gasteiger partial charge in [-0.1, -0.05) is 17.8 Å². The first-order valence-electron chi connectivity index (χ1n) is 11.9. The standard InChI is InChI=1S/C24H27N7O2S/c1-33-16-8-9-17-18(12-16)34-24(27-17)29-23(32)15-6-5-10-30(13-15)21-20-22(26-14-25-21)31-11-4-2-3-7-19(31)28-20/h8-9,12,14-15H,2-7,10-11,13H2,1H3,(H,27,29,32)/t15-/m1/s1. The lowest BCUT2D eigenvalue weighted by Gasteiger charge is -2.32. The molecule has 3 aromatic heterocycles. The number of benzene rings is 1. The zero-order valence-corrected chi connectivity index (χ0v) is 20.0. The molecule has 0 unspecified atom stereocenters. The number of aryl methyl sites for hydroxylation is 2. The highest BCUT2D eigenvalue weighted by Gasteiger charge is 2.29. The van der Waals surface area contributed by atoms with Gasteiger partial charge in [0, 0.05) is 26.1 Å². The minimum atomic E-state index is -0.138. The van der Waals surface area contributed by atoms with Crippen molar-refractivity contribution in [2.24, 2.45) is 5.92 Å². The highest BCUT2D eigenvalue weighted by Crippen LogP contribution is 2.32. The van der Waals surface area contributed by atoms with Gasteiger partial charge in [0.15, 0.2) is 22.1 Å². The monoisotopic (exact) mass is 477 g/mol. The molecule has 6 rings (SSSR count). The maximum Gasteiger partial charge on any atom is 0.231 e. The highest BCUT2D eigenvalue weighted by atomic mass is 32.1. The smallest absolute Gasteiger partial charge is 0.231 e. The first-order valence-corrected chi connectivity index (χ1v) is 12.7. The Labute approximate surface area is 201 Å². The molecule has 5 heterocycles. The molecule has 1 fully saturated rings. The van der Waals surface area contributed by atoms with Gasteiger partial charge in [-0.05, 0) is 43.9 Å². The minimum Gasteiger partial charge on any atom is -0.497 e. The maximum absolute atomic E-state index is 13.2. The van der Waals surface area contributed by atoms with Crippen LogP contribution in [0.3, 0.4) is 0 Å². The van der Waals surface area contributed by atoms with E-state index >= 15 is 0 Å². The van der Waals surface area contributed by atoms with E-state index in [1.807, 2.05) is 18.2 Å². The molecule has 0 aliphatic carbocycles. The molecule has 1 amide bonds. The largest absolute Gasteiger partial charge is 0.497 e. The van der Waals surface area contributed by atoms with E-state index in [2.05, 4.69) is 29.7 Å². The number of aromatic nitrogens is 5. The zero-order chi connectivity index (χ0) is 23.1. The van der Waals surface area contributed by atoms with Crippen LogP contribution >= 0.6 is 11.3 Å². The van der Waals surface area contributed by atoms with Crippen LogP contribution in [0.5, 0.6) is 5.75 Å². The number of nitrogens with zero attached hydrogens (tertiary/aromatic N) is 6. The van der Waals surface area contributed by atoms with Gasteiger partial charge in [0.25, 0.3) is 0 Å². The molecule has 4 aromatic rings. The van der Waals surface area contributed by atoms with Crippen molar-refractivity contribution >= 4 is 49.6 Å². The van der Waals surface area contributed by atoms with Gasteiger partial charge in [0.05, 0.1) is 23.2 Å². The second-order valence-corrected chi connectivity index (χ2v) is 10.0. The van der Waals surface area contributed by atoms with Gasteiger partial charge in [-0.15, -0.1) is 0 Å². The van der Waals surface area contributed by atoms with Crippen LogP contribution < -0.4 is 15.0 Å². The van der Waals surface area contributed by atoms with Crippen LogP contribution in [0, 0.1) is 5.92 Å². The summed E-state index contributed by atoms with van der Waals surface area (Å²) in [6.07, 6.45) is 7.93. The molecule has 0 bridgehead atoms. The van der Waals surface area contributed by atoms with Crippen LogP contribution in [0.4, 0.5) is 10.9 Å². The number of hydrogen-bond acceptors (Lipinski definition) is 8. The normalized spacial score (nSPS) is 18.6. The number of ether oxygens (including phenoxy) is 1. The number of rotatable bonds is 4. The molecule has 1 N–H and O–H groups in total. The molecule has 2 aliphatic heterocycles. The van der Waals surface area contributed by atoms with Crippen LogP contribution in [0.25, 0.3) is 21.4 Å². The van der Waals surface area contributed by atoms with Gasteiger partial charge in [-0.3, -0.25) is 4.79 Å². The molecular formula is C24H27N7O2S. The fraction of sp³-hybridized carbons (Fsp3) is 0.458. The summed E-state index contributed by atoms with van der Waals surface area (Å²) in [5, 5.41) is 3.66. The Bertz CT molecular complexity index is 1360. The Morgan fingerprint density at radius 1 is 1.15 bits per heavy atom. The van der Waals surface area contributed by atoms with Crippen LogP contribution in [0.2, 0.25) is 0 Å². The Balaban J connectivity index is 1.22. The van der Waals surface area contributed by atoms with E-state index in [1.165, 1.54) is 17.8 Å². The molecule has 0 radical (unpaired) electrons. The molecule has 10 heteroatoms. The van der Waals surface area contributed by atoms with Crippen molar-refractivity contribution in [3.63, 3.8) is 0 Å². The van der Waals surface area contributed by atoms with Gasteiger partial charge in [-0.25, -0.2) is 19.9 Å². The first-order chi connectivity index (χ1) is 16.7. The van der Waals surface area contributed by atoms with Crippen molar-refractivity contribution in [1.82, 2.24) is 24.5 Å². The van der Waals surface area contributed by atoms with Gasteiger partial charge in [-0.2, -0.15) is 0 Å².